The fraction of sp³-hybridized carbons (Fsp3) is 0.375. The van der Waals surface area contributed by atoms with E-state index in [2.05, 4.69) is 9.88 Å². The predicted octanol–water partition coefficient (Wildman–Crippen LogP) is 3.48. The first kappa shape index (κ1) is 14.1. The highest BCUT2D eigenvalue weighted by Gasteiger charge is 2.30. The van der Waals surface area contributed by atoms with E-state index in [1.807, 2.05) is 31.3 Å². The number of para-hydroxylation sites is 1. The van der Waals surface area contributed by atoms with Gasteiger partial charge in [-0.2, -0.15) is 0 Å². The number of nitrogens with zero attached hydrogens (tertiary/aromatic N) is 2. The average molecular weight is 302 g/mol. The number of rotatable bonds is 6. The molecule has 1 aliphatic carbocycles. The van der Waals surface area contributed by atoms with Gasteiger partial charge in [0.2, 0.25) is 0 Å². The van der Waals surface area contributed by atoms with Crippen molar-refractivity contribution < 1.29 is 9.53 Å². The summed E-state index contributed by atoms with van der Waals surface area (Å²) in [4.78, 5) is 18.7. The van der Waals surface area contributed by atoms with E-state index < -0.39 is 0 Å². The fourth-order valence-corrected chi connectivity index (χ4v) is 3.31. The van der Waals surface area contributed by atoms with Crippen LogP contribution in [0.4, 0.5) is 5.13 Å². The van der Waals surface area contributed by atoms with Crippen molar-refractivity contribution in [1.29, 1.82) is 0 Å². The number of aromatic nitrogens is 1. The Morgan fingerprint density at radius 3 is 2.86 bits per heavy atom. The van der Waals surface area contributed by atoms with E-state index in [-0.39, 0.29) is 0 Å². The Kier molecular flexibility index (Phi) is 3.92. The molecule has 0 amide bonds. The molecule has 1 aromatic heterocycles. The average Bonchev–Trinajstić information content (AvgIpc) is 3.26. The molecule has 1 heterocycles. The molecule has 1 aromatic carbocycles. The second kappa shape index (κ2) is 5.85. The van der Waals surface area contributed by atoms with Crippen molar-refractivity contribution in [3.63, 3.8) is 0 Å². The molecule has 3 rings (SSSR count). The van der Waals surface area contributed by atoms with Gasteiger partial charge in [0.15, 0.2) is 11.4 Å². The monoisotopic (exact) mass is 302 g/mol. The van der Waals surface area contributed by atoms with Crippen molar-refractivity contribution in [2.45, 2.75) is 25.3 Å². The minimum Gasteiger partial charge on any atom is -0.496 e. The van der Waals surface area contributed by atoms with Gasteiger partial charge in [-0.05, 0) is 18.9 Å². The standard InChI is InChI=1S/C16H18N2O2S/c1-18(9-12-5-3-4-6-13(12)20-2)16-17-15(11-7-8-11)14(10-19)21-16/h3-6,10-11H,7-9H2,1-2H3. The smallest absolute Gasteiger partial charge is 0.186 e. The van der Waals surface area contributed by atoms with Gasteiger partial charge < -0.3 is 9.64 Å². The molecule has 0 spiro atoms. The Labute approximate surface area is 128 Å². The molecule has 5 heteroatoms. The van der Waals surface area contributed by atoms with Gasteiger partial charge in [0.25, 0.3) is 0 Å². The molecule has 1 fully saturated rings. The fourth-order valence-electron chi connectivity index (χ4n) is 2.39. The van der Waals surface area contributed by atoms with Crippen molar-refractivity contribution in [1.82, 2.24) is 4.98 Å². The lowest BCUT2D eigenvalue weighted by atomic mass is 10.2. The van der Waals surface area contributed by atoms with Crippen LogP contribution in [-0.2, 0) is 6.54 Å². The van der Waals surface area contributed by atoms with Gasteiger partial charge in [0.05, 0.1) is 17.7 Å². The summed E-state index contributed by atoms with van der Waals surface area (Å²) < 4.78 is 5.38. The number of thiazole rings is 1. The molecule has 0 bridgehead atoms. The van der Waals surface area contributed by atoms with Gasteiger partial charge in [0.1, 0.15) is 5.75 Å². The lowest BCUT2D eigenvalue weighted by Gasteiger charge is -2.17. The quantitative estimate of drug-likeness (QED) is 0.766. The van der Waals surface area contributed by atoms with Crippen molar-refractivity contribution in [3.8, 4) is 5.75 Å². The van der Waals surface area contributed by atoms with Gasteiger partial charge in [-0.25, -0.2) is 4.98 Å². The van der Waals surface area contributed by atoms with Gasteiger partial charge in [0, 0.05) is 25.1 Å². The number of carbonyl (C=O) groups excluding carboxylic acids is 1. The molecule has 0 N–H and O–H groups in total. The first-order valence-electron chi connectivity index (χ1n) is 7.02. The Hall–Kier alpha value is -1.88. The van der Waals surface area contributed by atoms with E-state index >= 15 is 0 Å². The molecular formula is C16H18N2O2S. The van der Waals surface area contributed by atoms with Crippen LogP contribution in [0, 0.1) is 0 Å². The lowest BCUT2D eigenvalue weighted by Crippen LogP contribution is -2.16. The molecule has 4 nitrogen and oxygen atoms in total. The zero-order valence-electron chi connectivity index (χ0n) is 12.2. The van der Waals surface area contributed by atoms with Crippen LogP contribution in [0.2, 0.25) is 0 Å². The van der Waals surface area contributed by atoms with Crippen LogP contribution in [0.1, 0.15) is 39.7 Å². The van der Waals surface area contributed by atoms with Crippen LogP contribution in [0.5, 0.6) is 5.75 Å². The topological polar surface area (TPSA) is 42.4 Å². The summed E-state index contributed by atoms with van der Waals surface area (Å²) in [5.41, 5.74) is 2.09. The Morgan fingerprint density at radius 1 is 1.43 bits per heavy atom. The highest BCUT2D eigenvalue weighted by Crippen LogP contribution is 2.43. The van der Waals surface area contributed by atoms with Crippen LogP contribution < -0.4 is 9.64 Å². The Morgan fingerprint density at radius 2 is 2.19 bits per heavy atom. The van der Waals surface area contributed by atoms with E-state index in [1.54, 1.807) is 7.11 Å². The maximum atomic E-state index is 11.2. The first-order valence-corrected chi connectivity index (χ1v) is 7.83. The molecule has 0 atom stereocenters. The summed E-state index contributed by atoms with van der Waals surface area (Å²) in [5.74, 6) is 1.37. The largest absolute Gasteiger partial charge is 0.496 e. The summed E-state index contributed by atoms with van der Waals surface area (Å²) in [6.45, 7) is 0.708. The molecular weight excluding hydrogens is 284 g/mol. The van der Waals surface area contributed by atoms with Gasteiger partial charge in [-0.3, -0.25) is 4.79 Å². The molecule has 21 heavy (non-hydrogen) atoms. The summed E-state index contributed by atoms with van der Waals surface area (Å²) in [5, 5.41) is 0.893. The lowest BCUT2D eigenvalue weighted by molar-refractivity contribution is 0.112. The molecule has 1 aliphatic rings. The highest BCUT2D eigenvalue weighted by molar-refractivity contribution is 7.17. The number of methoxy groups -OCH3 is 1. The zero-order valence-corrected chi connectivity index (χ0v) is 13.0. The predicted molar refractivity (Wildman–Crippen MR) is 84.6 cm³/mol. The summed E-state index contributed by atoms with van der Waals surface area (Å²) in [6.07, 6.45) is 3.24. The minimum atomic E-state index is 0.495. The van der Waals surface area contributed by atoms with Gasteiger partial charge in [-0.1, -0.05) is 29.5 Å². The van der Waals surface area contributed by atoms with Crippen LogP contribution in [-0.4, -0.2) is 25.4 Å². The van der Waals surface area contributed by atoms with Crippen molar-refractivity contribution in [3.05, 3.63) is 40.4 Å². The molecule has 0 unspecified atom stereocenters. The summed E-state index contributed by atoms with van der Waals surface area (Å²) in [6, 6.07) is 7.96. The van der Waals surface area contributed by atoms with Crippen molar-refractivity contribution >= 4 is 22.8 Å². The number of carbonyl (C=O) groups is 1. The third kappa shape index (κ3) is 2.93. The number of aldehydes is 1. The number of hydrogen-bond acceptors (Lipinski definition) is 5. The molecule has 2 aromatic rings. The molecule has 0 saturated heterocycles. The van der Waals surface area contributed by atoms with Crippen molar-refractivity contribution in [2.24, 2.45) is 0 Å². The van der Waals surface area contributed by atoms with Crippen molar-refractivity contribution in [2.75, 3.05) is 19.1 Å². The molecule has 110 valence electrons. The van der Waals surface area contributed by atoms with E-state index in [0.29, 0.717) is 12.5 Å². The minimum absolute atomic E-state index is 0.495. The van der Waals surface area contributed by atoms with Gasteiger partial charge >= 0.3 is 0 Å². The first-order chi connectivity index (χ1) is 10.2. The van der Waals surface area contributed by atoms with Crippen LogP contribution in [0.25, 0.3) is 0 Å². The number of ether oxygens (including phenoxy) is 1. The molecule has 0 aliphatic heterocycles. The number of hydrogen-bond donors (Lipinski definition) is 0. The van der Waals surface area contributed by atoms with E-state index in [1.165, 1.54) is 11.3 Å². The summed E-state index contributed by atoms with van der Waals surface area (Å²) >= 11 is 1.47. The van der Waals surface area contributed by atoms with Crippen LogP contribution in [0.3, 0.4) is 0 Å². The molecule has 1 saturated carbocycles. The van der Waals surface area contributed by atoms with Gasteiger partial charge in [-0.15, -0.1) is 0 Å². The molecule has 0 radical (unpaired) electrons. The summed E-state index contributed by atoms with van der Waals surface area (Å²) in [7, 11) is 3.68. The second-order valence-corrected chi connectivity index (χ2v) is 6.32. The SMILES string of the molecule is COc1ccccc1CN(C)c1nc(C2CC2)c(C=O)s1. The van der Waals surface area contributed by atoms with Crippen LogP contribution >= 0.6 is 11.3 Å². The maximum Gasteiger partial charge on any atom is 0.186 e. The highest BCUT2D eigenvalue weighted by atomic mass is 32.1. The normalized spacial score (nSPS) is 14.0. The third-order valence-corrected chi connectivity index (χ3v) is 4.78. The van der Waals surface area contributed by atoms with Crippen LogP contribution in [0.15, 0.2) is 24.3 Å². The second-order valence-electron chi connectivity index (χ2n) is 5.31. The third-order valence-electron chi connectivity index (χ3n) is 3.67. The zero-order chi connectivity index (χ0) is 14.8. The van der Waals surface area contributed by atoms with E-state index in [4.69, 9.17) is 4.74 Å². The Balaban J connectivity index is 1.81. The van der Waals surface area contributed by atoms with E-state index in [0.717, 1.165) is 46.1 Å². The number of anilines is 1. The Bertz CT molecular complexity index is 649. The number of benzene rings is 1. The van der Waals surface area contributed by atoms with E-state index in [9.17, 15) is 4.79 Å². The maximum absolute atomic E-state index is 11.2.